The summed E-state index contributed by atoms with van der Waals surface area (Å²) in [6.07, 6.45) is 2.74. The highest BCUT2D eigenvalue weighted by Crippen LogP contribution is 2.25. The van der Waals surface area contributed by atoms with Gasteiger partial charge in [0.25, 0.3) is 0 Å². The Kier molecular flexibility index (Phi) is 6.70. The minimum atomic E-state index is -3.63. The van der Waals surface area contributed by atoms with Crippen molar-refractivity contribution < 1.29 is 22.7 Å². The number of para-hydroxylation sites is 1. The first-order valence-corrected chi connectivity index (χ1v) is 10.9. The van der Waals surface area contributed by atoms with Gasteiger partial charge in [-0.15, -0.1) is 0 Å². The third-order valence-corrected chi connectivity index (χ3v) is 6.76. The number of sulfonamides is 1. The van der Waals surface area contributed by atoms with Crippen molar-refractivity contribution in [2.75, 3.05) is 19.8 Å². The Morgan fingerprint density at radius 2 is 1.86 bits per heavy atom. The monoisotopic (exact) mass is 403 g/mol. The Morgan fingerprint density at radius 1 is 1.07 bits per heavy atom. The summed E-state index contributed by atoms with van der Waals surface area (Å²) in [4.78, 5) is 12.4. The van der Waals surface area contributed by atoms with Gasteiger partial charge in [0.15, 0.2) is 0 Å². The second kappa shape index (κ2) is 9.21. The Bertz CT molecular complexity index is 898. The van der Waals surface area contributed by atoms with E-state index in [9.17, 15) is 13.2 Å². The van der Waals surface area contributed by atoms with E-state index in [0.717, 1.165) is 19.3 Å². The van der Waals surface area contributed by atoms with E-state index in [1.807, 2.05) is 37.3 Å². The largest absolute Gasteiger partial charge is 0.490 e. The summed E-state index contributed by atoms with van der Waals surface area (Å²) in [5, 5.41) is 0. The molecule has 1 aliphatic rings. The number of carbonyl (C=O) groups is 1. The van der Waals surface area contributed by atoms with E-state index in [4.69, 9.17) is 9.47 Å². The van der Waals surface area contributed by atoms with Gasteiger partial charge in [0.05, 0.1) is 10.5 Å². The van der Waals surface area contributed by atoms with Crippen LogP contribution in [0, 0.1) is 0 Å². The lowest BCUT2D eigenvalue weighted by Gasteiger charge is -2.32. The molecule has 7 heteroatoms. The van der Waals surface area contributed by atoms with Gasteiger partial charge in [-0.05, 0) is 50.1 Å². The second-order valence-electron chi connectivity index (χ2n) is 6.79. The molecule has 0 bridgehead atoms. The van der Waals surface area contributed by atoms with Crippen LogP contribution in [0.1, 0.15) is 36.5 Å². The van der Waals surface area contributed by atoms with E-state index < -0.39 is 16.0 Å². The third-order valence-electron chi connectivity index (χ3n) is 4.75. The highest BCUT2D eigenvalue weighted by Gasteiger charge is 2.31. The molecule has 0 N–H and O–H groups in total. The number of rotatable bonds is 7. The van der Waals surface area contributed by atoms with Crippen LogP contribution >= 0.6 is 0 Å². The highest BCUT2D eigenvalue weighted by molar-refractivity contribution is 7.89. The minimum absolute atomic E-state index is 0.0375. The molecular formula is C21H25NO5S. The maximum absolute atomic E-state index is 12.9. The summed E-state index contributed by atoms with van der Waals surface area (Å²) in [5.74, 6) is 0.127. The molecular weight excluding hydrogens is 378 g/mol. The average Bonchev–Trinajstić information content (AvgIpc) is 2.72. The molecule has 0 unspecified atom stereocenters. The Labute approximate surface area is 166 Å². The van der Waals surface area contributed by atoms with E-state index in [-0.39, 0.29) is 29.7 Å². The molecule has 0 spiro atoms. The number of benzene rings is 2. The molecule has 1 atom stereocenters. The van der Waals surface area contributed by atoms with Crippen molar-refractivity contribution in [1.29, 1.82) is 0 Å². The van der Waals surface area contributed by atoms with Crippen molar-refractivity contribution in [3.05, 3.63) is 60.2 Å². The summed E-state index contributed by atoms with van der Waals surface area (Å²) in [6.45, 7) is 2.73. The van der Waals surface area contributed by atoms with Crippen molar-refractivity contribution in [1.82, 2.24) is 4.31 Å². The number of ether oxygens (including phenoxy) is 2. The van der Waals surface area contributed by atoms with E-state index >= 15 is 0 Å². The van der Waals surface area contributed by atoms with Crippen LogP contribution in [0.15, 0.2) is 59.5 Å². The van der Waals surface area contributed by atoms with E-state index in [0.29, 0.717) is 12.3 Å². The number of esters is 1. The molecule has 2 aromatic carbocycles. The standard InChI is InChI=1S/C21H25NO5S/c1-17-8-5-6-13-22(17)28(24,25)20-12-7-9-18(16-20)21(23)27-15-14-26-19-10-3-2-4-11-19/h2-4,7,9-12,16-17H,5-6,8,13-15H2,1H3/t17-/m1/s1. The molecule has 6 nitrogen and oxygen atoms in total. The quantitative estimate of drug-likeness (QED) is 0.523. The first kappa shape index (κ1) is 20.4. The smallest absolute Gasteiger partial charge is 0.338 e. The summed E-state index contributed by atoms with van der Waals surface area (Å²) in [5.41, 5.74) is 0.213. The van der Waals surface area contributed by atoms with Gasteiger partial charge < -0.3 is 9.47 Å². The van der Waals surface area contributed by atoms with Gasteiger partial charge in [-0.25, -0.2) is 13.2 Å². The summed E-state index contributed by atoms with van der Waals surface area (Å²) < 4.78 is 38.1. The maximum atomic E-state index is 12.9. The molecule has 1 fully saturated rings. The van der Waals surface area contributed by atoms with Crippen LogP contribution in [0.5, 0.6) is 5.75 Å². The minimum Gasteiger partial charge on any atom is -0.490 e. The lowest BCUT2D eigenvalue weighted by atomic mass is 10.1. The Balaban J connectivity index is 1.61. The highest BCUT2D eigenvalue weighted by atomic mass is 32.2. The van der Waals surface area contributed by atoms with E-state index in [2.05, 4.69) is 0 Å². The first-order valence-electron chi connectivity index (χ1n) is 9.45. The Hall–Kier alpha value is -2.38. The van der Waals surface area contributed by atoms with Gasteiger partial charge in [-0.1, -0.05) is 30.7 Å². The van der Waals surface area contributed by atoms with E-state index in [1.165, 1.54) is 16.4 Å². The average molecular weight is 404 g/mol. The normalized spacial score (nSPS) is 17.8. The molecule has 28 heavy (non-hydrogen) atoms. The predicted octanol–water partition coefficient (Wildman–Crippen LogP) is 3.49. The number of carbonyl (C=O) groups excluding carboxylic acids is 1. The molecule has 150 valence electrons. The van der Waals surface area contributed by atoms with Gasteiger partial charge in [0.1, 0.15) is 19.0 Å². The molecule has 1 saturated heterocycles. The van der Waals surface area contributed by atoms with Crippen LogP contribution in [0.25, 0.3) is 0 Å². The van der Waals surface area contributed by atoms with Crippen LogP contribution < -0.4 is 4.74 Å². The SMILES string of the molecule is C[C@@H]1CCCCN1S(=O)(=O)c1cccc(C(=O)OCCOc2ccccc2)c1. The molecule has 0 saturated carbocycles. The van der Waals surface area contributed by atoms with Gasteiger partial charge in [-0.3, -0.25) is 0 Å². The Morgan fingerprint density at radius 3 is 2.61 bits per heavy atom. The molecule has 0 aliphatic carbocycles. The number of hydrogen-bond donors (Lipinski definition) is 0. The fourth-order valence-electron chi connectivity index (χ4n) is 3.24. The summed E-state index contributed by atoms with van der Waals surface area (Å²) >= 11 is 0. The fourth-order valence-corrected chi connectivity index (χ4v) is 4.99. The lowest BCUT2D eigenvalue weighted by Crippen LogP contribution is -2.41. The van der Waals surface area contributed by atoms with Crippen LogP contribution in [0.4, 0.5) is 0 Å². The molecule has 1 aliphatic heterocycles. The maximum Gasteiger partial charge on any atom is 0.338 e. The number of hydrogen-bond acceptors (Lipinski definition) is 5. The van der Waals surface area contributed by atoms with Crippen LogP contribution in [0.2, 0.25) is 0 Å². The summed E-state index contributed by atoms with van der Waals surface area (Å²) in [6, 6.07) is 15.2. The zero-order valence-electron chi connectivity index (χ0n) is 15.9. The van der Waals surface area contributed by atoms with Gasteiger partial charge >= 0.3 is 5.97 Å². The van der Waals surface area contributed by atoms with Gasteiger partial charge in [0, 0.05) is 12.6 Å². The van der Waals surface area contributed by atoms with Crippen molar-refractivity contribution in [3.63, 3.8) is 0 Å². The van der Waals surface area contributed by atoms with Gasteiger partial charge in [0.2, 0.25) is 10.0 Å². The molecule has 0 aromatic heterocycles. The zero-order valence-corrected chi connectivity index (χ0v) is 16.7. The van der Waals surface area contributed by atoms with Crippen LogP contribution in [-0.4, -0.2) is 44.5 Å². The van der Waals surface area contributed by atoms with E-state index in [1.54, 1.807) is 12.1 Å². The lowest BCUT2D eigenvalue weighted by molar-refractivity contribution is 0.0450. The van der Waals surface area contributed by atoms with Crippen molar-refractivity contribution in [2.45, 2.75) is 37.1 Å². The van der Waals surface area contributed by atoms with Gasteiger partial charge in [-0.2, -0.15) is 4.31 Å². The summed E-state index contributed by atoms with van der Waals surface area (Å²) in [7, 11) is -3.63. The fraction of sp³-hybridized carbons (Fsp3) is 0.381. The second-order valence-corrected chi connectivity index (χ2v) is 8.68. The van der Waals surface area contributed by atoms with Crippen molar-refractivity contribution >= 4 is 16.0 Å². The predicted molar refractivity (Wildman–Crippen MR) is 106 cm³/mol. The van der Waals surface area contributed by atoms with Crippen molar-refractivity contribution in [2.24, 2.45) is 0 Å². The third kappa shape index (κ3) is 4.91. The van der Waals surface area contributed by atoms with Crippen molar-refractivity contribution in [3.8, 4) is 5.75 Å². The van der Waals surface area contributed by atoms with Crippen LogP contribution in [-0.2, 0) is 14.8 Å². The number of piperidine rings is 1. The van der Waals surface area contributed by atoms with Crippen LogP contribution in [0.3, 0.4) is 0 Å². The molecule has 0 amide bonds. The molecule has 3 rings (SSSR count). The topological polar surface area (TPSA) is 72.9 Å². The molecule has 0 radical (unpaired) electrons. The first-order chi connectivity index (χ1) is 13.5. The molecule has 2 aromatic rings. The molecule has 1 heterocycles. The number of nitrogens with zero attached hydrogens (tertiary/aromatic N) is 1. The zero-order chi connectivity index (χ0) is 20.0.